The van der Waals surface area contributed by atoms with Crippen LogP contribution in [0.5, 0.6) is 0 Å². The predicted octanol–water partition coefficient (Wildman–Crippen LogP) is 2.92. The Morgan fingerprint density at radius 1 is 1.16 bits per heavy atom. The summed E-state index contributed by atoms with van der Waals surface area (Å²) >= 11 is 0. The quantitative estimate of drug-likeness (QED) is 0.582. The van der Waals surface area contributed by atoms with Crippen LogP contribution in [0, 0.1) is 5.82 Å². The molecule has 1 aliphatic rings. The van der Waals surface area contributed by atoms with Gasteiger partial charge in [-0.3, -0.25) is 0 Å². The summed E-state index contributed by atoms with van der Waals surface area (Å²) in [5.74, 6) is 0.747. The van der Waals surface area contributed by atoms with Gasteiger partial charge in [-0.05, 0) is 43.9 Å². The molecule has 5 N–H and O–H groups in total. The lowest BCUT2D eigenvalue weighted by Gasteiger charge is -2.26. The van der Waals surface area contributed by atoms with Gasteiger partial charge in [-0.15, -0.1) is 0 Å². The van der Waals surface area contributed by atoms with Gasteiger partial charge in [-0.25, -0.2) is 9.37 Å². The monoisotopic (exact) mass is 341 g/mol. The normalized spacial score (nSPS) is 20.6. The van der Waals surface area contributed by atoms with Crippen LogP contribution in [0.2, 0.25) is 0 Å². The van der Waals surface area contributed by atoms with Crippen molar-refractivity contribution in [3.05, 3.63) is 36.4 Å². The SMILES string of the molecule is N[C@H]1CC[C@H](Nc2nc(Nc3cccc(F)c3)c3nc[nH]c3n2)CC1. The topological polar surface area (TPSA) is 105 Å². The molecule has 4 rings (SSSR count). The Labute approximate surface area is 144 Å². The van der Waals surface area contributed by atoms with Gasteiger partial charge in [-0.2, -0.15) is 9.97 Å². The Kier molecular flexibility index (Phi) is 4.19. The standard InChI is InChI=1S/C17H20FN7/c18-10-2-1-3-13(8-10)22-16-14-15(21-9-20-14)24-17(25-16)23-12-6-4-11(19)5-7-12/h1-3,8-9,11-12H,4-7,19H2,(H3,20,21,22,23,24,25)/t11-,12-. The number of hydrogen-bond donors (Lipinski definition) is 4. The van der Waals surface area contributed by atoms with Gasteiger partial charge >= 0.3 is 0 Å². The van der Waals surface area contributed by atoms with Crippen LogP contribution in [-0.4, -0.2) is 32.0 Å². The van der Waals surface area contributed by atoms with Crippen LogP contribution in [0.25, 0.3) is 11.2 Å². The number of imidazole rings is 1. The Balaban J connectivity index is 1.60. The lowest BCUT2D eigenvalue weighted by Crippen LogP contribution is -2.33. The molecule has 130 valence electrons. The fourth-order valence-electron chi connectivity index (χ4n) is 3.14. The van der Waals surface area contributed by atoms with Crippen molar-refractivity contribution < 1.29 is 4.39 Å². The van der Waals surface area contributed by atoms with Gasteiger partial charge in [0.05, 0.1) is 6.33 Å². The van der Waals surface area contributed by atoms with Crippen LogP contribution in [0.4, 0.5) is 21.8 Å². The van der Waals surface area contributed by atoms with E-state index in [0.29, 0.717) is 40.7 Å². The summed E-state index contributed by atoms with van der Waals surface area (Å²) in [5, 5.41) is 6.51. The Bertz CT molecular complexity index is 870. The number of aromatic nitrogens is 4. The van der Waals surface area contributed by atoms with Gasteiger partial charge < -0.3 is 21.4 Å². The summed E-state index contributed by atoms with van der Waals surface area (Å²) in [7, 11) is 0. The molecule has 0 unspecified atom stereocenters. The number of aromatic amines is 1. The first-order valence-electron chi connectivity index (χ1n) is 8.43. The molecule has 0 spiro atoms. The summed E-state index contributed by atoms with van der Waals surface area (Å²) in [4.78, 5) is 16.3. The van der Waals surface area contributed by atoms with Crippen LogP contribution in [0.3, 0.4) is 0 Å². The molecule has 0 aliphatic heterocycles. The highest BCUT2D eigenvalue weighted by Gasteiger charge is 2.20. The lowest BCUT2D eigenvalue weighted by molar-refractivity contribution is 0.410. The minimum Gasteiger partial charge on any atom is -0.351 e. The second-order valence-electron chi connectivity index (χ2n) is 6.39. The van der Waals surface area contributed by atoms with E-state index in [-0.39, 0.29) is 5.82 Å². The molecule has 3 aromatic rings. The summed E-state index contributed by atoms with van der Waals surface area (Å²) in [6.07, 6.45) is 5.56. The molecule has 1 aromatic carbocycles. The smallest absolute Gasteiger partial charge is 0.227 e. The minimum absolute atomic E-state index is 0.291. The molecule has 2 aromatic heterocycles. The number of nitrogens with two attached hydrogens (primary N) is 1. The van der Waals surface area contributed by atoms with Crippen LogP contribution in [-0.2, 0) is 0 Å². The molecule has 0 amide bonds. The molecule has 0 saturated heterocycles. The Hall–Kier alpha value is -2.74. The highest BCUT2D eigenvalue weighted by molar-refractivity contribution is 5.86. The minimum atomic E-state index is -0.311. The molecule has 8 heteroatoms. The summed E-state index contributed by atoms with van der Waals surface area (Å²) in [6.45, 7) is 0. The first-order chi connectivity index (χ1) is 12.2. The maximum atomic E-state index is 13.4. The molecular weight excluding hydrogens is 321 g/mol. The Morgan fingerprint density at radius 3 is 2.80 bits per heavy atom. The zero-order valence-corrected chi connectivity index (χ0v) is 13.7. The van der Waals surface area contributed by atoms with Crippen molar-refractivity contribution in [2.75, 3.05) is 10.6 Å². The third-order valence-corrected chi connectivity index (χ3v) is 4.47. The van der Waals surface area contributed by atoms with Crippen LogP contribution in [0.15, 0.2) is 30.6 Å². The number of rotatable bonds is 4. The maximum Gasteiger partial charge on any atom is 0.227 e. The summed E-state index contributed by atoms with van der Waals surface area (Å²) in [5.41, 5.74) is 7.81. The molecular formula is C17H20FN7. The molecule has 7 nitrogen and oxygen atoms in total. The maximum absolute atomic E-state index is 13.4. The number of halogens is 1. The largest absolute Gasteiger partial charge is 0.351 e. The van der Waals surface area contributed by atoms with Crippen molar-refractivity contribution in [1.82, 2.24) is 19.9 Å². The number of hydrogen-bond acceptors (Lipinski definition) is 6. The molecule has 0 bridgehead atoms. The van der Waals surface area contributed by atoms with Gasteiger partial charge in [0.15, 0.2) is 17.0 Å². The van der Waals surface area contributed by atoms with E-state index < -0.39 is 0 Å². The summed E-state index contributed by atoms with van der Waals surface area (Å²) < 4.78 is 13.4. The van der Waals surface area contributed by atoms with E-state index in [2.05, 4.69) is 30.6 Å². The summed E-state index contributed by atoms with van der Waals surface area (Å²) in [6, 6.07) is 6.83. The van der Waals surface area contributed by atoms with Crippen molar-refractivity contribution in [1.29, 1.82) is 0 Å². The zero-order chi connectivity index (χ0) is 17.2. The van der Waals surface area contributed by atoms with Crippen molar-refractivity contribution in [3.63, 3.8) is 0 Å². The Morgan fingerprint density at radius 2 is 2.00 bits per heavy atom. The molecule has 0 radical (unpaired) electrons. The van der Waals surface area contributed by atoms with E-state index in [1.54, 1.807) is 18.5 Å². The number of anilines is 3. The number of fused-ring (bicyclic) bond motifs is 1. The number of H-pyrrole nitrogens is 1. The van der Waals surface area contributed by atoms with Crippen molar-refractivity contribution in [2.24, 2.45) is 5.73 Å². The average molecular weight is 341 g/mol. The van der Waals surface area contributed by atoms with Crippen LogP contribution < -0.4 is 16.4 Å². The molecule has 25 heavy (non-hydrogen) atoms. The highest BCUT2D eigenvalue weighted by atomic mass is 19.1. The zero-order valence-electron chi connectivity index (χ0n) is 13.7. The fraction of sp³-hybridized carbons (Fsp3) is 0.353. The third-order valence-electron chi connectivity index (χ3n) is 4.47. The predicted molar refractivity (Wildman–Crippen MR) is 95.2 cm³/mol. The van der Waals surface area contributed by atoms with Crippen molar-refractivity contribution in [3.8, 4) is 0 Å². The second kappa shape index (κ2) is 6.64. The van der Waals surface area contributed by atoms with E-state index in [0.717, 1.165) is 25.7 Å². The number of nitrogens with zero attached hydrogens (tertiary/aromatic N) is 3. The van der Waals surface area contributed by atoms with Gasteiger partial charge in [-0.1, -0.05) is 6.07 Å². The van der Waals surface area contributed by atoms with Crippen molar-refractivity contribution >= 4 is 28.6 Å². The van der Waals surface area contributed by atoms with E-state index >= 15 is 0 Å². The number of benzene rings is 1. The fourth-order valence-corrected chi connectivity index (χ4v) is 3.14. The van der Waals surface area contributed by atoms with Crippen LogP contribution >= 0.6 is 0 Å². The van der Waals surface area contributed by atoms with E-state index in [9.17, 15) is 4.39 Å². The van der Waals surface area contributed by atoms with Crippen LogP contribution in [0.1, 0.15) is 25.7 Å². The molecule has 1 saturated carbocycles. The van der Waals surface area contributed by atoms with E-state index in [4.69, 9.17) is 5.73 Å². The number of nitrogens with one attached hydrogen (secondary N) is 3. The van der Waals surface area contributed by atoms with Gasteiger partial charge in [0.25, 0.3) is 0 Å². The lowest BCUT2D eigenvalue weighted by atomic mass is 9.92. The third kappa shape index (κ3) is 3.53. The molecule has 0 atom stereocenters. The second-order valence-corrected chi connectivity index (χ2v) is 6.39. The van der Waals surface area contributed by atoms with Gasteiger partial charge in [0.2, 0.25) is 5.95 Å². The molecule has 1 aliphatic carbocycles. The molecule has 1 fully saturated rings. The van der Waals surface area contributed by atoms with E-state index in [1.165, 1.54) is 12.1 Å². The van der Waals surface area contributed by atoms with Gasteiger partial charge in [0, 0.05) is 17.8 Å². The highest BCUT2D eigenvalue weighted by Crippen LogP contribution is 2.25. The van der Waals surface area contributed by atoms with Crippen molar-refractivity contribution in [2.45, 2.75) is 37.8 Å². The van der Waals surface area contributed by atoms with E-state index in [1.807, 2.05) is 0 Å². The first-order valence-corrected chi connectivity index (χ1v) is 8.43. The molecule has 2 heterocycles. The average Bonchev–Trinajstić information content (AvgIpc) is 3.06. The first kappa shape index (κ1) is 15.8. The van der Waals surface area contributed by atoms with Gasteiger partial charge in [0.1, 0.15) is 5.82 Å².